The first-order valence-electron chi connectivity index (χ1n) is 5.80. The van der Waals surface area contributed by atoms with Gasteiger partial charge in [-0.2, -0.15) is 5.21 Å². The van der Waals surface area contributed by atoms with E-state index in [-0.39, 0.29) is 0 Å². The molecule has 3 aromatic heterocycles. The Kier molecular flexibility index (Phi) is 2.02. The van der Waals surface area contributed by atoms with Gasteiger partial charge in [-0.25, -0.2) is 0 Å². The molecule has 0 amide bonds. The number of tetrazole rings is 1. The Morgan fingerprint density at radius 3 is 2.63 bits per heavy atom. The third-order valence-corrected chi connectivity index (χ3v) is 3.05. The van der Waals surface area contributed by atoms with Gasteiger partial charge in [-0.3, -0.25) is 9.97 Å². The summed E-state index contributed by atoms with van der Waals surface area (Å²) >= 11 is 0. The van der Waals surface area contributed by atoms with Gasteiger partial charge in [0.25, 0.3) is 0 Å². The monoisotopic (exact) mass is 248 g/mol. The van der Waals surface area contributed by atoms with Gasteiger partial charge in [-0.1, -0.05) is 12.1 Å². The van der Waals surface area contributed by atoms with Gasteiger partial charge in [-0.05, 0) is 23.4 Å². The highest BCUT2D eigenvalue weighted by atomic mass is 15.5. The summed E-state index contributed by atoms with van der Waals surface area (Å²) in [5, 5.41) is 16.2. The van der Waals surface area contributed by atoms with Gasteiger partial charge in [0.05, 0.1) is 11.0 Å². The summed E-state index contributed by atoms with van der Waals surface area (Å²) in [6.07, 6.45) is 3.53. The van der Waals surface area contributed by atoms with E-state index in [0.717, 1.165) is 27.4 Å². The van der Waals surface area contributed by atoms with E-state index in [1.807, 2.05) is 30.3 Å². The molecule has 0 aliphatic carbocycles. The van der Waals surface area contributed by atoms with Gasteiger partial charge in [0.2, 0.25) is 5.82 Å². The van der Waals surface area contributed by atoms with Crippen molar-refractivity contribution in [2.45, 2.75) is 0 Å². The van der Waals surface area contributed by atoms with E-state index in [1.165, 1.54) is 0 Å². The predicted molar refractivity (Wildman–Crippen MR) is 70.2 cm³/mol. The van der Waals surface area contributed by atoms with Crippen molar-refractivity contribution in [2.75, 3.05) is 0 Å². The second kappa shape index (κ2) is 3.81. The second-order valence-electron chi connectivity index (χ2n) is 4.13. The lowest BCUT2D eigenvalue weighted by Crippen LogP contribution is -1.89. The molecule has 0 radical (unpaired) electrons. The Morgan fingerprint density at radius 2 is 1.79 bits per heavy atom. The highest BCUT2D eigenvalue weighted by Gasteiger charge is 2.12. The number of nitrogens with one attached hydrogen (secondary N) is 1. The van der Waals surface area contributed by atoms with Crippen molar-refractivity contribution in [1.29, 1.82) is 0 Å². The average Bonchev–Trinajstić information content (AvgIpc) is 3.00. The van der Waals surface area contributed by atoms with E-state index in [1.54, 1.807) is 12.4 Å². The van der Waals surface area contributed by atoms with Crippen molar-refractivity contribution in [1.82, 2.24) is 30.6 Å². The molecule has 0 fully saturated rings. The number of aromatic nitrogens is 6. The van der Waals surface area contributed by atoms with Crippen LogP contribution in [0.1, 0.15) is 0 Å². The minimum atomic E-state index is 0.559. The van der Waals surface area contributed by atoms with Crippen LogP contribution >= 0.6 is 0 Å². The molecule has 4 aromatic rings. The van der Waals surface area contributed by atoms with E-state index in [0.29, 0.717) is 5.82 Å². The van der Waals surface area contributed by atoms with Crippen LogP contribution < -0.4 is 0 Å². The maximum Gasteiger partial charge on any atom is 0.205 e. The summed E-state index contributed by atoms with van der Waals surface area (Å²) in [4.78, 5) is 8.84. The van der Waals surface area contributed by atoms with E-state index < -0.39 is 0 Å². The molecule has 6 heteroatoms. The van der Waals surface area contributed by atoms with Gasteiger partial charge >= 0.3 is 0 Å². The molecule has 0 saturated carbocycles. The van der Waals surface area contributed by atoms with Crippen molar-refractivity contribution < 1.29 is 0 Å². The van der Waals surface area contributed by atoms with Crippen LogP contribution in [-0.2, 0) is 0 Å². The van der Waals surface area contributed by atoms with E-state index in [4.69, 9.17) is 0 Å². The van der Waals surface area contributed by atoms with E-state index in [9.17, 15) is 0 Å². The molecule has 6 nitrogen and oxygen atoms in total. The van der Waals surface area contributed by atoms with E-state index in [2.05, 4.69) is 30.6 Å². The molecule has 0 spiro atoms. The molecular formula is C13H8N6. The number of rotatable bonds is 1. The quantitative estimate of drug-likeness (QED) is 0.521. The van der Waals surface area contributed by atoms with Crippen LogP contribution in [0.5, 0.6) is 0 Å². The van der Waals surface area contributed by atoms with Crippen molar-refractivity contribution in [3.8, 4) is 11.4 Å². The molecular weight excluding hydrogens is 240 g/mol. The number of pyridine rings is 2. The Morgan fingerprint density at radius 1 is 0.947 bits per heavy atom. The molecule has 90 valence electrons. The SMILES string of the molecule is c1cnc2c(c1)cc(-c1nn[nH]n1)c1cccnc12. The van der Waals surface area contributed by atoms with Crippen LogP contribution in [0.25, 0.3) is 33.2 Å². The van der Waals surface area contributed by atoms with Gasteiger partial charge < -0.3 is 0 Å². The zero-order chi connectivity index (χ0) is 12.7. The maximum absolute atomic E-state index is 4.43. The minimum Gasteiger partial charge on any atom is -0.254 e. The van der Waals surface area contributed by atoms with E-state index >= 15 is 0 Å². The lowest BCUT2D eigenvalue weighted by Gasteiger charge is -2.05. The van der Waals surface area contributed by atoms with Crippen molar-refractivity contribution in [2.24, 2.45) is 0 Å². The highest BCUT2D eigenvalue weighted by molar-refractivity contribution is 6.09. The molecule has 0 aliphatic rings. The average molecular weight is 248 g/mol. The Labute approximate surface area is 107 Å². The maximum atomic E-state index is 4.43. The summed E-state index contributed by atoms with van der Waals surface area (Å²) in [7, 11) is 0. The van der Waals surface area contributed by atoms with Gasteiger partial charge in [-0.15, -0.1) is 10.2 Å². The van der Waals surface area contributed by atoms with Gasteiger partial charge in [0, 0.05) is 28.7 Å². The van der Waals surface area contributed by atoms with Crippen molar-refractivity contribution in [3.05, 3.63) is 42.7 Å². The standard InChI is InChI=1S/C13H8N6/c1-3-8-7-10(13-16-18-19-17-13)9-4-2-6-15-12(9)11(8)14-5-1/h1-7H,(H,16,17,18,19). The number of fused-ring (bicyclic) bond motifs is 3. The summed E-state index contributed by atoms with van der Waals surface area (Å²) in [5.74, 6) is 0.559. The first kappa shape index (κ1) is 10.1. The fourth-order valence-electron chi connectivity index (χ4n) is 2.24. The topological polar surface area (TPSA) is 80.2 Å². The molecule has 0 atom stereocenters. The van der Waals surface area contributed by atoms with Crippen LogP contribution in [0.4, 0.5) is 0 Å². The molecule has 0 aliphatic heterocycles. The molecule has 1 aromatic carbocycles. The third-order valence-electron chi connectivity index (χ3n) is 3.05. The molecule has 4 rings (SSSR count). The van der Waals surface area contributed by atoms with Crippen LogP contribution in [0.3, 0.4) is 0 Å². The summed E-state index contributed by atoms with van der Waals surface area (Å²) in [6.45, 7) is 0. The fraction of sp³-hybridized carbons (Fsp3) is 0. The summed E-state index contributed by atoms with van der Waals surface area (Å²) < 4.78 is 0. The molecule has 0 unspecified atom stereocenters. The van der Waals surface area contributed by atoms with Gasteiger partial charge in [0.1, 0.15) is 0 Å². The predicted octanol–water partition coefficient (Wildman–Crippen LogP) is 1.96. The smallest absolute Gasteiger partial charge is 0.205 e. The summed E-state index contributed by atoms with van der Waals surface area (Å²) in [5.41, 5.74) is 2.63. The third kappa shape index (κ3) is 1.46. The highest BCUT2D eigenvalue weighted by Crippen LogP contribution is 2.30. The van der Waals surface area contributed by atoms with Crippen LogP contribution in [0.2, 0.25) is 0 Å². The molecule has 0 bridgehead atoms. The molecule has 3 heterocycles. The Hall–Kier alpha value is -2.89. The van der Waals surface area contributed by atoms with Crippen LogP contribution in [0, 0.1) is 0 Å². The Balaban J connectivity index is 2.22. The van der Waals surface area contributed by atoms with Gasteiger partial charge in [0.15, 0.2) is 0 Å². The number of aromatic amines is 1. The Bertz CT molecular complexity index is 869. The zero-order valence-electron chi connectivity index (χ0n) is 9.78. The number of benzene rings is 1. The van der Waals surface area contributed by atoms with Crippen molar-refractivity contribution in [3.63, 3.8) is 0 Å². The molecule has 0 saturated heterocycles. The van der Waals surface area contributed by atoms with Crippen LogP contribution in [0.15, 0.2) is 42.7 Å². The number of hydrogen-bond acceptors (Lipinski definition) is 5. The first-order chi connectivity index (χ1) is 9.43. The fourth-order valence-corrected chi connectivity index (χ4v) is 2.24. The largest absolute Gasteiger partial charge is 0.254 e. The zero-order valence-corrected chi connectivity index (χ0v) is 9.78. The number of hydrogen-bond donors (Lipinski definition) is 1. The molecule has 1 N–H and O–H groups in total. The lowest BCUT2D eigenvalue weighted by atomic mass is 10.0. The minimum absolute atomic E-state index is 0.559. The normalized spacial score (nSPS) is 11.2. The number of H-pyrrole nitrogens is 1. The number of nitrogens with zero attached hydrogens (tertiary/aromatic N) is 5. The van der Waals surface area contributed by atoms with Crippen molar-refractivity contribution >= 4 is 21.8 Å². The first-order valence-corrected chi connectivity index (χ1v) is 5.80. The second-order valence-corrected chi connectivity index (χ2v) is 4.13. The molecule has 19 heavy (non-hydrogen) atoms. The summed E-state index contributed by atoms with van der Waals surface area (Å²) in [6, 6.07) is 9.79. The lowest BCUT2D eigenvalue weighted by molar-refractivity contribution is 0.881. The van der Waals surface area contributed by atoms with Crippen LogP contribution in [-0.4, -0.2) is 30.6 Å².